The van der Waals surface area contributed by atoms with Crippen molar-refractivity contribution in [1.29, 1.82) is 0 Å². The summed E-state index contributed by atoms with van der Waals surface area (Å²) < 4.78 is 0. The molecule has 0 bridgehead atoms. The van der Waals surface area contributed by atoms with Gasteiger partial charge in [-0.25, -0.2) is 0 Å². The van der Waals surface area contributed by atoms with Crippen molar-refractivity contribution in [1.82, 2.24) is 0 Å². The summed E-state index contributed by atoms with van der Waals surface area (Å²) >= 11 is 8.10. The minimum absolute atomic E-state index is 0.0771. The number of hydrogen-bond donors (Lipinski definition) is 0. The van der Waals surface area contributed by atoms with E-state index in [-0.39, 0.29) is 5.41 Å². The van der Waals surface area contributed by atoms with Crippen molar-refractivity contribution in [2.75, 3.05) is 5.88 Å². The molecule has 0 amide bonds. The third-order valence-electron chi connectivity index (χ3n) is 3.41. The van der Waals surface area contributed by atoms with Crippen LogP contribution in [0.15, 0.2) is 47.8 Å². The van der Waals surface area contributed by atoms with Crippen molar-refractivity contribution in [2.24, 2.45) is 0 Å². The van der Waals surface area contributed by atoms with Gasteiger partial charge in [-0.05, 0) is 29.9 Å². The van der Waals surface area contributed by atoms with Gasteiger partial charge in [0.25, 0.3) is 0 Å². The normalized spacial score (nSPS) is 14.5. The van der Waals surface area contributed by atoms with Crippen molar-refractivity contribution in [3.63, 3.8) is 0 Å². The van der Waals surface area contributed by atoms with Gasteiger partial charge in [0.05, 0.1) is 0 Å². The fourth-order valence-electron chi connectivity index (χ4n) is 2.19. The molecule has 1 unspecified atom stereocenters. The van der Waals surface area contributed by atoms with Crippen molar-refractivity contribution in [3.8, 4) is 0 Å². The van der Waals surface area contributed by atoms with Crippen molar-refractivity contribution >= 4 is 22.9 Å². The van der Waals surface area contributed by atoms with Crippen LogP contribution in [0.25, 0.3) is 0 Å². The zero-order chi connectivity index (χ0) is 12.1. The van der Waals surface area contributed by atoms with E-state index in [9.17, 15) is 0 Å². The Bertz CT molecular complexity index is 429. The molecule has 0 aliphatic rings. The lowest BCUT2D eigenvalue weighted by molar-refractivity contribution is 0.461. The molecule has 90 valence electrons. The molecule has 0 nitrogen and oxygen atoms in total. The summed E-state index contributed by atoms with van der Waals surface area (Å²) in [4.78, 5) is 1.41. The summed E-state index contributed by atoms with van der Waals surface area (Å²) in [5, 5.41) is 2.13. The number of alkyl halides is 1. The fourth-order valence-corrected chi connectivity index (χ4v) is 3.47. The summed E-state index contributed by atoms with van der Waals surface area (Å²) in [5.41, 5.74) is 1.43. The maximum atomic E-state index is 6.28. The van der Waals surface area contributed by atoms with E-state index in [1.165, 1.54) is 10.4 Å². The molecule has 0 radical (unpaired) electrons. The average molecular weight is 265 g/mol. The summed E-state index contributed by atoms with van der Waals surface area (Å²) in [7, 11) is 0. The van der Waals surface area contributed by atoms with E-state index in [4.69, 9.17) is 11.6 Å². The first-order valence-corrected chi connectivity index (χ1v) is 7.36. The molecule has 1 heterocycles. The van der Waals surface area contributed by atoms with Crippen LogP contribution in [0.2, 0.25) is 0 Å². The first-order valence-electron chi connectivity index (χ1n) is 5.94. The molecule has 17 heavy (non-hydrogen) atoms. The highest BCUT2D eigenvalue weighted by molar-refractivity contribution is 7.09. The van der Waals surface area contributed by atoms with E-state index in [0.717, 1.165) is 12.8 Å². The van der Waals surface area contributed by atoms with Crippen LogP contribution in [0.3, 0.4) is 0 Å². The lowest BCUT2D eigenvalue weighted by Gasteiger charge is -2.31. The van der Waals surface area contributed by atoms with Gasteiger partial charge in [0.15, 0.2) is 0 Å². The average Bonchev–Trinajstić information content (AvgIpc) is 2.90. The SMILES string of the molecule is CCC(CCl)(Cc1cccs1)c1ccccc1. The van der Waals surface area contributed by atoms with E-state index in [0.29, 0.717) is 5.88 Å². The van der Waals surface area contributed by atoms with Gasteiger partial charge in [0.2, 0.25) is 0 Å². The minimum atomic E-state index is 0.0771. The number of hydrogen-bond acceptors (Lipinski definition) is 1. The van der Waals surface area contributed by atoms with Crippen LogP contribution in [-0.4, -0.2) is 5.88 Å². The second kappa shape index (κ2) is 5.70. The molecule has 1 aromatic carbocycles. The lowest BCUT2D eigenvalue weighted by Crippen LogP contribution is -2.30. The number of benzene rings is 1. The summed E-state index contributed by atoms with van der Waals surface area (Å²) in [6.07, 6.45) is 2.10. The topological polar surface area (TPSA) is 0 Å². The molecule has 1 atom stereocenters. The van der Waals surface area contributed by atoms with Gasteiger partial charge in [-0.3, -0.25) is 0 Å². The van der Waals surface area contributed by atoms with E-state index in [2.05, 4.69) is 54.8 Å². The highest BCUT2D eigenvalue weighted by Crippen LogP contribution is 2.34. The monoisotopic (exact) mass is 264 g/mol. The number of thiophene rings is 1. The van der Waals surface area contributed by atoms with E-state index < -0.39 is 0 Å². The second-order valence-electron chi connectivity index (χ2n) is 4.39. The molecule has 0 spiro atoms. The zero-order valence-corrected chi connectivity index (χ0v) is 11.6. The van der Waals surface area contributed by atoms with E-state index >= 15 is 0 Å². The van der Waals surface area contributed by atoms with Gasteiger partial charge in [0.1, 0.15) is 0 Å². The molecule has 2 aromatic rings. The summed E-state index contributed by atoms with van der Waals surface area (Å²) in [6, 6.07) is 15.0. The molecule has 0 aliphatic heterocycles. The predicted octanol–water partition coefficient (Wildman–Crippen LogP) is 4.88. The molecule has 2 heteroatoms. The molecule has 0 aliphatic carbocycles. The van der Waals surface area contributed by atoms with Gasteiger partial charge >= 0.3 is 0 Å². The number of halogens is 1. The Morgan fingerprint density at radius 1 is 1.12 bits per heavy atom. The number of rotatable bonds is 5. The fraction of sp³-hybridized carbons (Fsp3) is 0.333. The van der Waals surface area contributed by atoms with Gasteiger partial charge < -0.3 is 0 Å². The van der Waals surface area contributed by atoms with Crippen LogP contribution in [0.1, 0.15) is 23.8 Å². The van der Waals surface area contributed by atoms with Gasteiger partial charge in [-0.2, -0.15) is 0 Å². The Morgan fingerprint density at radius 3 is 2.41 bits per heavy atom. The third-order valence-corrected chi connectivity index (χ3v) is 4.80. The first-order chi connectivity index (χ1) is 8.30. The van der Waals surface area contributed by atoms with E-state index in [1.807, 2.05) is 11.3 Å². The smallest absolute Gasteiger partial charge is 0.0323 e. The van der Waals surface area contributed by atoms with E-state index in [1.54, 1.807) is 0 Å². The molecule has 0 saturated heterocycles. The Labute approximate surface area is 112 Å². The van der Waals surface area contributed by atoms with Crippen LogP contribution >= 0.6 is 22.9 Å². The Hall–Kier alpha value is -0.790. The van der Waals surface area contributed by atoms with Crippen LogP contribution in [0.5, 0.6) is 0 Å². The van der Waals surface area contributed by atoms with Gasteiger partial charge in [0, 0.05) is 16.2 Å². The summed E-state index contributed by atoms with van der Waals surface area (Å²) in [5.74, 6) is 0.672. The van der Waals surface area contributed by atoms with Crippen molar-refractivity contribution in [3.05, 3.63) is 58.3 Å². The first kappa shape index (κ1) is 12.7. The largest absolute Gasteiger partial charge is 0.149 e. The van der Waals surface area contributed by atoms with Crippen LogP contribution < -0.4 is 0 Å². The third kappa shape index (κ3) is 2.72. The quantitative estimate of drug-likeness (QED) is 0.676. The maximum absolute atomic E-state index is 6.28. The minimum Gasteiger partial charge on any atom is -0.149 e. The van der Waals surface area contributed by atoms with Crippen LogP contribution in [0, 0.1) is 0 Å². The molecular weight excluding hydrogens is 248 g/mol. The standard InChI is InChI=1S/C15H17ClS/c1-2-15(12-16,11-14-9-6-10-17-14)13-7-4-3-5-8-13/h3-10H,2,11-12H2,1H3. The van der Waals surface area contributed by atoms with Gasteiger partial charge in [-0.15, -0.1) is 22.9 Å². The highest BCUT2D eigenvalue weighted by Gasteiger charge is 2.29. The Balaban J connectivity index is 2.32. The molecule has 0 N–H and O–H groups in total. The molecule has 0 saturated carbocycles. The van der Waals surface area contributed by atoms with Crippen molar-refractivity contribution < 1.29 is 0 Å². The molecule has 2 rings (SSSR count). The van der Waals surface area contributed by atoms with Crippen LogP contribution in [0.4, 0.5) is 0 Å². The zero-order valence-electron chi connectivity index (χ0n) is 10.0. The van der Waals surface area contributed by atoms with Gasteiger partial charge in [-0.1, -0.05) is 43.3 Å². The Morgan fingerprint density at radius 2 is 1.88 bits per heavy atom. The molecular formula is C15H17ClS. The maximum Gasteiger partial charge on any atom is 0.0323 e. The highest BCUT2D eigenvalue weighted by atomic mass is 35.5. The molecule has 1 aromatic heterocycles. The van der Waals surface area contributed by atoms with Crippen LogP contribution in [-0.2, 0) is 11.8 Å². The summed E-state index contributed by atoms with van der Waals surface area (Å²) in [6.45, 7) is 2.23. The molecule has 0 fully saturated rings. The van der Waals surface area contributed by atoms with Crippen molar-refractivity contribution in [2.45, 2.75) is 25.2 Å². The second-order valence-corrected chi connectivity index (χ2v) is 5.69. The lowest BCUT2D eigenvalue weighted by atomic mass is 9.76. The Kier molecular flexibility index (Phi) is 4.25. The predicted molar refractivity (Wildman–Crippen MR) is 77.2 cm³/mol.